The summed E-state index contributed by atoms with van der Waals surface area (Å²) in [6.07, 6.45) is -4.01. The highest BCUT2D eigenvalue weighted by Crippen LogP contribution is 2.48. The maximum absolute atomic E-state index is 12.9. The molecule has 1 rings (SSSR count). The topological polar surface area (TPSA) is 112 Å². The molecule has 0 fully saturated rings. The number of methoxy groups -OCH3 is 4. The summed E-state index contributed by atoms with van der Waals surface area (Å²) in [6, 6.07) is 0. The molecular formula is C16H18Cl5N3O6. The van der Waals surface area contributed by atoms with Gasteiger partial charge in [-0.3, -0.25) is 0 Å². The molecule has 0 saturated heterocycles. The van der Waals surface area contributed by atoms with Gasteiger partial charge >= 0.3 is 5.97 Å². The van der Waals surface area contributed by atoms with Gasteiger partial charge in [-0.1, -0.05) is 63.1 Å². The minimum atomic E-state index is -1.33. The Kier molecular flexibility index (Phi) is 11.8. The van der Waals surface area contributed by atoms with Crippen molar-refractivity contribution in [2.45, 2.75) is 24.4 Å². The second-order valence-electron chi connectivity index (χ2n) is 5.56. The van der Waals surface area contributed by atoms with E-state index < -0.39 is 30.4 Å². The largest absolute Gasteiger partial charge is 0.421 e. The van der Waals surface area contributed by atoms with E-state index in [0.717, 1.165) is 0 Å². The van der Waals surface area contributed by atoms with Crippen LogP contribution in [0.2, 0.25) is 25.1 Å². The van der Waals surface area contributed by atoms with Crippen LogP contribution in [0, 0.1) is 0 Å². The average molecular weight is 526 g/mol. The summed E-state index contributed by atoms with van der Waals surface area (Å²) < 4.78 is 26.7. The Morgan fingerprint density at radius 1 is 0.867 bits per heavy atom. The van der Waals surface area contributed by atoms with Gasteiger partial charge in [0, 0.05) is 33.4 Å². The van der Waals surface area contributed by atoms with Crippen molar-refractivity contribution in [1.29, 1.82) is 0 Å². The second kappa shape index (κ2) is 13.0. The highest BCUT2D eigenvalue weighted by molar-refractivity contribution is 6.55. The molecule has 0 heterocycles. The molecular weight excluding hydrogens is 507 g/mol. The Bertz CT molecular complexity index is 779. The molecule has 1 aromatic carbocycles. The maximum Gasteiger partial charge on any atom is 0.343 e. The van der Waals surface area contributed by atoms with E-state index in [0.29, 0.717) is 0 Å². The summed E-state index contributed by atoms with van der Waals surface area (Å²) in [6.45, 7) is -0.0864. The van der Waals surface area contributed by atoms with E-state index in [1.165, 1.54) is 28.4 Å². The van der Waals surface area contributed by atoms with Gasteiger partial charge in [0.05, 0.1) is 27.7 Å². The van der Waals surface area contributed by atoms with Crippen LogP contribution < -0.4 is 4.74 Å². The third kappa shape index (κ3) is 6.17. The Morgan fingerprint density at radius 2 is 1.37 bits per heavy atom. The molecule has 0 saturated carbocycles. The van der Waals surface area contributed by atoms with Gasteiger partial charge in [-0.25, -0.2) is 4.79 Å². The molecule has 0 amide bonds. The lowest BCUT2D eigenvalue weighted by atomic mass is 10.0. The Morgan fingerprint density at radius 3 is 1.77 bits per heavy atom. The average Bonchev–Trinajstić information content (AvgIpc) is 2.75. The lowest BCUT2D eigenvalue weighted by Crippen LogP contribution is -2.52. The van der Waals surface area contributed by atoms with Crippen molar-refractivity contribution in [3.8, 4) is 5.75 Å². The van der Waals surface area contributed by atoms with Gasteiger partial charge < -0.3 is 23.7 Å². The molecule has 0 N–H and O–H groups in total. The zero-order valence-corrected chi connectivity index (χ0v) is 20.0. The standard InChI is InChI=1S/C16H18Cl5N3O6/c1-26-6(5-23-24-22)12(27-2)14(28-3)15(29-4)16(25)30-13-10(20)8(18)7(17)9(19)11(13)21/h6,12,14-15H,5H2,1-4H3/t6-,12+,14+,15-/m0/s1. The number of ether oxygens (including phenoxy) is 5. The number of azide groups is 1. The number of carbonyl (C=O) groups is 1. The van der Waals surface area contributed by atoms with Gasteiger partial charge in [0.25, 0.3) is 0 Å². The monoisotopic (exact) mass is 523 g/mol. The van der Waals surface area contributed by atoms with Crippen LogP contribution in [0.15, 0.2) is 5.11 Å². The number of hydrogen-bond donors (Lipinski definition) is 0. The van der Waals surface area contributed by atoms with Crippen molar-refractivity contribution < 1.29 is 28.5 Å². The fourth-order valence-corrected chi connectivity index (χ4v) is 3.75. The number of hydrogen-bond acceptors (Lipinski definition) is 7. The fourth-order valence-electron chi connectivity index (χ4n) is 2.55. The molecule has 168 valence electrons. The zero-order chi connectivity index (χ0) is 23.0. The molecule has 9 nitrogen and oxygen atoms in total. The number of carbonyl (C=O) groups excluding carboxylic acids is 1. The van der Waals surface area contributed by atoms with E-state index in [2.05, 4.69) is 10.0 Å². The molecule has 1 aromatic rings. The molecule has 30 heavy (non-hydrogen) atoms. The van der Waals surface area contributed by atoms with Crippen molar-refractivity contribution in [2.24, 2.45) is 5.11 Å². The summed E-state index contributed by atoms with van der Waals surface area (Å²) in [5.41, 5.74) is 8.56. The highest BCUT2D eigenvalue weighted by atomic mass is 35.5. The van der Waals surface area contributed by atoms with E-state index in [9.17, 15) is 4.79 Å². The highest BCUT2D eigenvalue weighted by Gasteiger charge is 2.41. The molecule has 0 unspecified atom stereocenters. The van der Waals surface area contributed by atoms with Gasteiger partial charge in [-0.05, 0) is 5.53 Å². The molecule has 0 spiro atoms. The van der Waals surface area contributed by atoms with Gasteiger partial charge in [0.15, 0.2) is 11.9 Å². The molecule has 0 aliphatic heterocycles. The fraction of sp³-hybridized carbons (Fsp3) is 0.562. The van der Waals surface area contributed by atoms with Crippen LogP contribution in [0.5, 0.6) is 5.75 Å². The number of halogens is 5. The van der Waals surface area contributed by atoms with E-state index in [-0.39, 0.29) is 37.4 Å². The molecule has 0 bridgehead atoms. The normalized spacial score (nSPS) is 15.1. The molecule has 0 radical (unpaired) electrons. The van der Waals surface area contributed by atoms with Crippen LogP contribution in [0.1, 0.15) is 0 Å². The first-order valence-corrected chi connectivity index (χ1v) is 9.94. The van der Waals surface area contributed by atoms with Crippen molar-refractivity contribution >= 4 is 64.0 Å². The van der Waals surface area contributed by atoms with E-state index in [1.807, 2.05) is 0 Å². The summed E-state index contributed by atoms with van der Waals surface area (Å²) in [5, 5.41) is 2.66. The number of nitrogens with zero attached hydrogens (tertiary/aromatic N) is 3. The lowest BCUT2D eigenvalue weighted by molar-refractivity contribution is -0.173. The first kappa shape index (κ1) is 27.3. The first-order valence-electron chi connectivity index (χ1n) is 8.05. The minimum absolute atomic E-state index is 0.0864. The zero-order valence-electron chi connectivity index (χ0n) is 16.2. The third-order valence-corrected chi connectivity index (χ3v) is 6.26. The Balaban J connectivity index is 3.26. The van der Waals surface area contributed by atoms with Gasteiger partial charge in [0.1, 0.15) is 22.3 Å². The van der Waals surface area contributed by atoms with Gasteiger partial charge in [0.2, 0.25) is 0 Å². The summed E-state index contributed by atoms with van der Waals surface area (Å²) in [5.74, 6) is -1.24. The Hall–Kier alpha value is -0.710. The van der Waals surface area contributed by atoms with Gasteiger partial charge in [-0.2, -0.15) is 0 Å². The summed E-state index contributed by atoms with van der Waals surface area (Å²) >= 11 is 30.1. The van der Waals surface area contributed by atoms with Crippen LogP contribution in [-0.2, 0) is 23.7 Å². The quantitative estimate of drug-likeness (QED) is 0.0744. The predicted octanol–water partition coefficient (Wildman–Crippen LogP) is 5.23. The van der Waals surface area contributed by atoms with Crippen molar-refractivity contribution in [1.82, 2.24) is 0 Å². The van der Waals surface area contributed by atoms with Crippen molar-refractivity contribution in [3.63, 3.8) is 0 Å². The van der Waals surface area contributed by atoms with Gasteiger partial charge in [-0.15, -0.1) is 0 Å². The molecule has 0 aromatic heterocycles. The van der Waals surface area contributed by atoms with Crippen LogP contribution in [0.4, 0.5) is 0 Å². The maximum atomic E-state index is 12.9. The minimum Gasteiger partial charge on any atom is -0.421 e. The van der Waals surface area contributed by atoms with Crippen molar-refractivity contribution in [3.05, 3.63) is 35.6 Å². The second-order valence-corrected chi connectivity index (χ2v) is 7.45. The predicted molar refractivity (Wildman–Crippen MR) is 114 cm³/mol. The number of rotatable bonds is 11. The van der Waals surface area contributed by atoms with E-state index in [1.54, 1.807) is 0 Å². The van der Waals surface area contributed by atoms with Crippen molar-refractivity contribution in [2.75, 3.05) is 35.0 Å². The van der Waals surface area contributed by atoms with E-state index >= 15 is 0 Å². The van der Waals surface area contributed by atoms with Crippen LogP contribution in [0.3, 0.4) is 0 Å². The van der Waals surface area contributed by atoms with Crippen LogP contribution >= 0.6 is 58.0 Å². The smallest absolute Gasteiger partial charge is 0.343 e. The Labute approximate surface area is 197 Å². The van der Waals surface area contributed by atoms with Crippen LogP contribution in [0.25, 0.3) is 10.4 Å². The molecule has 14 heteroatoms. The molecule has 0 aliphatic rings. The molecule has 0 aliphatic carbocycles. The molecule has 4 atom stereocenters. The third-order valence-electron chi connectivity index (χ3n) is 4.02. The first-order chi connectivity index (χ1) is 14.2. The van der Waals surface area contributed by atoms with Crippen LogP contribution in [-0.4, -0.2) is 65.4 Å². The summed E-state index contributed by atoms with van der Waals surface area (Å²) in [4.78, 5) is 15.5. The van der Waals surface area contributed by atoms with E-state index in [4.69, 9.17) is 87.2 Å². The number of esters is 1. The lowest BCUT2D eigenvalue weighted by Gasteiger charge is -2.33. The number of benzene rings is 1. The summed E-state index contributed by atoms with van der Waals surface area (Å²) in [7, 11) is 5.33. The SMILES string of the molecule is CO[C@H]([C@H](OC)[C@H](CN=[N+]=[N-])OC)[C@H](OC)C(=O)Oc1c(Cl)c(Cl)c(Cl)c(Cl)c1Cl.